The van der Waals surface area contributed by atoms with Crippen LogP contribution in [0.4, 0.5) is 0 Å². The molecule has 94 valence electrons. The van der Waals surface area contributed by atoms with Gasteiger partial charge in [-0.1, -0.05) is 6.92 Å². The fraction of sp³-hybridized carbons (Fsp3) is 0.778. The lowest BCUT2D eigenvalue weighted by Crippen LogP contribution is -2.16. The van der Waals surface area contributed by atoms with E-state index in [-0.39, 0.29) is 18.6 Å². The predicted octanol–water partition coefficient (Wildman–Crippen LogP) is 0.613. The number of hydrogen-bond donors (Lipinski definition) is 0. The topological polar surface area (TPSA) is 86.7 Å². The molecule has 6 nitrogen and oxygen atoms in total. The monoisotopic (exact) mass is 252 g/mol. The zero-order valence-electron chi connectivity index (χ0n) is 9.39. The molecule has 0 fully saturated rings. The quantitative estimate of drug-likeness (QED) is 0.597. The maximum absolute atomic E-state index is 11.1. The lowest BCUT2D eigenvalue weighted by molar-refractivity contribution is -0.125. The first-order chi connectivity index (χ1) is 7.41. The number of ketones is 2. The van der Waals surface area contributed by atoms with Gasteiger partial charge in [0, 0.05) is 19.3 Å². The fourth-order valence-corrected chi connectivity index (χ4v) is 1.31. The van der Waals surface area contributed by atoms with Crippen LogP contribution >= 0.6 is 0 Å². The molecule has 0 bridgehead atoms. The summed E-state index contributed by atoms with van der Waals surface area (Å²) in [4.78, 5) is 22.2. The van der Waals surface area contributed by atoms with Gasteiger partial charge in [0.05, 0.1) is 7.11 Å². The zero-order valence-corrected chi connectivity index (χ0v) is 10.2. The standard InChI is InChI=1S/C9H16O6S/c1-3-4-8(10)5-6-9(11)7-15-16(12,13)14-2/h3-7H2,1-2H3. The zero-order chi connectivity index (χ0) is 12.6. The third-order valence-corrected chi connectivity index (χ3v) is 2.59. The van der Waals surface area contributed by atoms with Gasteiger partial charge in [0.15, 0.2) is 5.78 Å². The number of carbonyl (C=O) groups excluding carboxylic acids is 2. The molecule has 0 saturated heterocycles. The van der Waals surface area contributed by atoms with Gasteiger partial charge >= 0.3 is 10.4 Å². The van der Waals surface area contributed by atoms with Crippen LogP contribution in [0.3, 0.4) is 0 Å². The van der Waals surface area contributed by atoms with E-state index < -0.39 is 22.8 Å². The second-order valence-corrected chi connectivity index (χ2v) is 4.55. The number of hydrogen-bond acceptors (Lipinski definition) is 6. The smallest absolute Gasteiger partial charge is 0.300 e. The molecule has 7 heteroatoms. The molecule has 0 saturated carbocycles. The van der Waals surface area contributed by atoms with Crippen molar-refractivity contribution in [3.05, 3.63) is 0 Å². The van der Waals surface area contributed by atoms with Gasteiger partial charge in [-0.05, 0) is 6.42 Å². The summed E-state index contributed by atoms with van der Waals surface area (Å²) < 4.78 is 29.6. The Kier molecular flexibility index (Phi) is 7.11. The van der Waals surface area contributed by atoms with Gasteiger partial charge in [-0.25, -0.2) is 4.18 Å². The van der Waals surface area contributed by atoms with E-state index in [1.54, 1.807) is 0 Å². The summed E-state index contributed by atoms with van der Waals surface area (Å²) in [6, 6.07) is 0. The van der Waals surface area contributed by atoms with Crippen molar-refractivity contribution in [3.63, 3.8) is 0 Å². The molecule has 0 atom stereocenters. The average molecular weight is 252 g/mol. The van der Waals surface area contributed by atoms with Crippen LogP contribution in [-0.4, -0.2) is 33.7 Å². The highest BCUT2D eigenvalue weighted by Gasteiger charge is 2.13. The molecule has 0 unspecified atom stereocenters. The van der Waals surface area contributed by atoms with E-state index in [1.165, 1.54) is 0 Å². The molecule has 16 heavy (non-hydrogen) atoms. The number of rotatable bonds is 9. The Morgan fingerprint density at radius 1 is 1.06 bits per heavy atom. The first kappa shape index (κ1) is 15.2. The Morgan fingerprint density at radius 3 is 2.12 bits per heavy atom. The molecule has 0 aromatic heterocycles. The van der Waals surface area contributed by atoms with E-state index >= 15 is 0 Å². The molecule has 0 amide bonds. The summed E-state index contributed by atoms with van der Waals surface area (Å²) in [6.07, 6.45) is 1.30. The van der Waals surface area contributed by atoms with E-state index in [4.69, 9.17) is 0 Å². The normalized spacial score (nSPS) is 11.4. The van der Waals surface area contributed by atoms with Crippen LogP contribution in [0.25, 0.3) is 0 Å². The fourth-order valence-electron chi connectivity index (χ4n) is 0.941. The van der Waals surface area contributed by atoms with Crippen molar-refractivity contribution in [2.45, 2.75) is 32.6 Å². The second-order valence-electron chi connectivity index (χ2n) is 3.16. The number of Topliss-reactive ketones (excluding diaryl/α,β-unsaturated/α-hetero) is 2. The third kappa shape index (κ3) is 7.49. The van der Waals surface area contributed by atoms with Crippen molar-refractivity contribution >= 4 is 22.0 Å². The molecular formula is C9H16O6S. The van der Waals surface area contributed by atoms with Crippen molar-refractivity contribution in [2.24, 2.45) is 0 Å². The highest BCUT2D eigenvalue weighted by atomic mass is 32.3. The summed E-state index contributed by atoms with van der Waals surface area (Å²) in [5.41, 5.74) is 0. The molecular weight excluding hydrogens is 236 g/mol. The van der Waals surface area contributed by atoms with Crippen LogP contribution in [0.15, 0.2) is 0 Å². The minimum absolute atomic E-state index is 0.00192. The maximum Gasteiger partial charge on any atom is 0.400 e. The van der Waals surface area contributed by atoms with E-state index in [9.17, 15) is 18.0 Å². The van der Waals surface area contributed by atoms with Crippen LogP contribution in [0, 0.1) is 0 Å². The van der Waals surface area contributed by atoms with Crippen molar-refractivity contribution < 1.29 is 26.4 Å². The van der Waals surface area contributed by atoms with Gasteiger partial charge in [-0.3, -0.25) is 13.8 Å². The minimum atomic E-state index is -4.07. The van der Waals surface area contributed by atoms with Gasteiger partial charge in [-0.15, -0.1) is 0 Å². The first-order valence-electron chi connectivity index (χ1n) is 4.89. The summed E-state index contributed by atoms with van der Waals surface area (Å²) in [7, 11) is -3.13. The minimum Gasteiger partial charge on any atom is -0.300 e. The Hall–Kier alpha value is -0.790. The summed E-state index contributed by atoms with van der Waals surface area (Å²) in [5.74, 6) is -0.449. The summed E-state index contributed by atoms with van der Waals surface area (Å²) in [6.45, 7) is 1.28. The highest BCUT2D eigenvalue weighted by molar-refractivity contribution is 7.81. The van der Waals surface area contributed by atoms with Crippen LogP contribution in [-0.2, 0) is 28.4 Å². The molecule has 0 aliphatic rings. The van der Waals surface area contributed by atoms with Gasteiger partial charge in [-0.2, -0.15) is 8.42 Å². The molecule has 0 aliphatic carbocycles. The van der Waals surface area contributed by atoms with Gasteiger partial charge in [0.1, 0.15) is 12.4 Å². The third-order valence-electron chi connectivity index (χ3n) is 1.78. The van der Waals surface area contributed by atoms with Crippen LogP contribution in [0.1, 0.15) is 32.6 Å². The Balaban J connectivity index is 3.80. The molecule has 0 spiro atoms. The van der Waals surface area contributed by atoms with Gasteiger partial charge in [0.2, 0.25) is 0 Å². The average Bonchev–Trinajstić information content (AvgIpc) is 2.24. The summed E-state index contributed by atoms with van der Waals surface area (Å²) >= 11 is 0. The molecule has 0 radical (unpaired) electrons. The molecule has 0 aromatic rings. The van der Waals surface area contributed by atoms with Crippen molar-refractivity contribution in [1.29, 1.82) is 0 Å². The van der Waals surface area contributed by atoms with Gasteiger partial charge in [0.25, 0.3) is 0 Å². The second kappa shape index (κ2) is 7.48. The van der Waals surface area contributed by atoms with Crippen LogP contribution in [0.5, 0.6) is 0 Å². The van der Waals surface area contributed by atoms with E-state index in [1.807, 2.05) is 6.92 Å². The maximum atomic E-state index is 11.1. The lowest BCUT2D eigenvalue weighted by Gasteiger charge is -2.02. The van der Waals surface area contributed by atoms with Crippen molar-refractivity contribution in [3.8, 4) is 0 Å². The Labute approximate surface area is 95.3 Å². The Morgan fingerprint density at radius 2 is 1.62 bits per heavy atom. The molecule has 0 rings (SSSR count). The molecule has 0 heterocycles. The predicted molar refractivity (Wildman–Crippen MR) is 56.0 cm³/mol. The SMILES string of the molecule is CCCC(=O)CCC(=O)COS(=O)(=O)OC. The van der Waals surface area contributed by atoms with Crippen LogP contribution < -0.4 is 0 Å². The van der Waals surface area contributed by atoms with E-state index in [2.05, 4.69) is 8.37 Å². The summed E-state index contributed by atoms with van der Waals surface area (Å²) in [5, 5.41) is 0. The first-order valence-corrected chi connectivity index (χ1v) is 6.23. The van der Waals surface area contributed by atoms with Crippen LogP contribution in [0.2, 0.25) is 0 Å². The lowest BCUT2D eigenvalue weighted by atomic mass is 10.1. The molecule has 0 aliphatic heterocycles. The largest absolute Gasteiger partial charge is 0.400 e. The van der Waals surface area contributed by atoms with Gasteiger partial charge < -0.3 is 0 Å². The number of carbonyl (C=O) groups is 2. The Bertz CT molecular complexity index is 332. The molecule has 0 N–H and O–H groups in total. The van der Waals surface area contributed by atoms with Crippen molar-refractivity contribution in [2.75, 3.05) is 13.7 Å². The van der Waals surface area contributed by atoms with E-state index in [0.717, 1.165) is 13.5 Å². The van der Waals surface area contributed by atoms with Crippen molar-refractivity contribution in [1.82, 2.24) is 0 Å². The molecule has 0 aromatic carbocycles. The highest BCUT2D eigenvalue weighted by Crippen LogP contribution is 2.01. The van der Waals surface area contributed by atoms with E-state index in [0.29, 0.717) is 6.42 Å².